The van der Waals surface area contributed by atoms with Gasteiger partial charge in [0.05, 0.1) is 9.82 Å². The Morgan fingerprint density at radius 3 is 2.76 bits per heavy atom. The van der Waals surface area contributed by atoms with Crippen LogP contribution >= 0.6 is 0 Å². The molecule has 0 amide bonds. The predicted octanol–water partition coefficient (Wildman–Crippen LogP) is 1.15. The highest BCUT2D eigenvalue weighted by atomic mass is 32.2. The summed E-state index contributed by atoms with van der Waals surface area (Å²) in [6.45, 7) is 2.65. The van der Waals surface area contributed by atoms with Crippen LogP contribution in [-0.4, -0.2) is 32.0 Å². The van der Waals surface area contributed by atoms with E-state index in [1.54, 1.807) is 0 Å². The SMILES string of the molecule is CC1CC(NS(=O)(=O)c2ccc([N+](=O)[O-])c(F)c2)CCN1. The van der Waals surface area contributed by atoms with Gasteiger partial charge in [-0.25, -0.2) is 13.1 Å². The summed E-state index contributed by atoms with van der Waals surface area (Å²) in [4.78, 5) is 9.33. The van der Waals surface area contributed by atoms with Gasteiger partial charge < -0.3 is 5.32 Å². The van der Waals surface area contributed by atoms with Gasteiger partial charge in [-0.15, -0.1) is 0 Å². The number of nitro benzene ring substituents is 1. The molecule has 1 aromatic carbocycles. The normalized spacial score (nSPS) is 23.0. The van der Waals surface area contributed by atoms with Gasteiger partial charge in [-0.05, 0) is 32.4 Å². The average molecular weight is 317 g/mol. The molecule has 21 heavy (non-hydrogen) atoms. The largest absolute Gasteiger partial charge is 0.314 e. The molecule has 1 aliphatic heterocycles. The van der Waals surface area contributed by atoms with Crippen molar-refractivity contribution in [3.05, 3.63) is 34.1 Å². The van der Waals surface area contributed by atoms with E-state index >= 15 is 0 Å². The van der Waals surface area contributed by atoms with Crippen LogP contribution in [0.15, 0.2) is 23.1 Å². The second kappa shape index (κ2) is 6.04. The Balaban J connectivity index is 2.19. The summed E-state index contributed by atoms with van der Waals surface area (Å²) in [6.07, 6.45) is 1.27. The predicted molar refractivity (Wildman–Crippen MR) is 73.9 cm³/mol. The molecule has 0 radical (unpaired) electrons. The summed E-state index contributed by atoms with van der Waals surface area (Å²) in [7, 11) is -3.89. The molecule has 1 saturated heterocycles. The number of halogens is 1. The number of nitrogens with one attached hydrogen (secondary N) is 2. The number of hydrogen-bond donors (Lipinski definition) is 2. The number of nitro groups is 1. The average Bonchev–Trinajstić information content (AvgIpc) is 2.37. The van der Waals surface area contributed by atoms with Crippen LogP contribution in [0.2, 0.25) is 0 Å². The van der Waals surface area contributed by atoms with Crippen LogP contribution in [0.1, 0.15) is 19.8 Å². The lowest BCUT2D eigenvalue weighted by Gasteiger charge is -2.28. The number of benzene rings is 1. The minimum Gasteiger partial charge on any atom is -0.314 e. The molecular weight excluding hydrogens is 301 g/mol. The molecular formula is C12H16FN3O4S. The highest BCUT2D eigenvalue weighted by molar-refractivity contribution is 7.89. The zero-order valence-corrected chi connectivity index (χ0v) is 12.2. The van der Waals surface area contributed by atoms with E-state index in [1.165, 1.54) is 0 Å². The van der Waals surface area contributed by atoms with Crippen LogP contribution in [0.25, 0.3) is 0 Å². The summed E-state index contributed by atoms with van der Waals surface area (Å²) >= 11 is 0. The Kier molecular flexibility index (Phi) is 4.55. The van der Waals surface area contributed by atoms with Gasteiger partial charge >= 0.3 is 5.69 Å². The molecule has 1 aliphatic rings. The zero-order valence-electron chi connectivity index (χ0n) is 11.4. The molecule has 2 N–H and O–H groups in total. The fourth-order valence-corrected chi connectivity index (χ4v) is 3.62. The molecule has 9 heteroatoms. The third-order valence-corrected chi connectivity index (χ3v) is 4.89. The first-order valence-electron chi connectivity index (χ1n) is 6.49. The molecule has 1 heterocycles. The smallest absolute Gasteiger partial charge is 0.304 e. The number of piperidine rings is 1. The van der Waals surface area contributed by atoms with Crippen LogP contribution < -0.4 is 10.0 Å². The fourth-order valence-electron chi connectivity index (χ4n) is 2.33. The quantitative estimate of drug-likeness (QED) is 0.641. The van der Waals surface area contributed by atoms with Crippen molar-refractivity contribution in [3.63, 3.8) is 0 Å². The van der Waals surface area contributed by atoms with Gasteiger partial charge in [-0.3, -0.25) is 10.1 Å². The van der Waals surface area contributed by atoms with Gasteiger partial charge in [-0.1, -0.05) is 0 Å². The topological polar surface area (TPSA) is 101 Å². The number of hydrogen-bond acceptors (Lipinski definition) is 5. The van der Waals surface area contributed by atoms with Crippen LogP contribution in [0.5, 0.6) is 0 Å². The van der Waals surface area contributed by atoms with Gasteiger partial charge in [0.15, 0.2) is 0 Å². The van der Waals surface area contributed by atoms with Crippen LogP contribution in [-0.2, 0) is 10.0 Å². The van der Waals surface area contributed by atoms with Crippen molar-refractivity contribution in [3.8, 4) is 0 Å². The summed E-state index contributed by atoms with van der Waals surface area (Å²) in [5.41, 5.74) is -0.746. The minimum absolute atomic E-state index is 0.194. The standard InChI is InChI=1S/C12H16FN3O4S/c1-8-6-9(4-5-14-8)15-21(19,20)10-2-3-12(16(17)18)11(13)7-10/h2-3,7-9,14-15H,4-6H2,1H3. The maximum Gasteiger partial charge on any atom is 0.304 e. The summed E-state index contributed by atoms with van der Waals surface area (Å²) in [5.74, 6) is -1.17. The van der Waals surface area contributed by atoms with E-state index in [0.717, 1.165) is 12.1 Å². The van der Waals surface area contributed by atoms with Crippen molar-refractivity contribution in [2.75, 3.05) is 6.54 Å². The molecule has 1 fully saturated rings. The van der Waals surface area contributed by atoms with Crippen molar-refractivity contribution >= 4 is 15.7 Å². The second-order valence-corrected chi connectivity index (χ2v) is 6.78. The summed E-state index contributed by atoms with van der Waals surface area (Å²) < 4.78 is 40.4. The maximum absolute atomic E-state index is 13.5. The monoisotopic (exact) mass is 317 g/mol. The lowest BCUT2D eigenvalue weighted by Crippen LogP contribution is -2.46. The first-order chi connectivity index (χ1) is 9.79. The van der Waals surface area contributed by atoms with E-state index in [4.69, 9.17) is 0 Å². The van der Waals surface area contributed by atoms with Crippen LogP contribution in [0.3, 0.4) is 0 Å². The number of sulfonamides is 1. The van der Waals surface area contributed by atoms with Crippen LogP contribution in [0, 0.1) is 15.9 Å². The van der Waals surface area contributed by atoms with Crippen molar-refractivity contribution in [1.29, 1.82) is 0 Å². The van der Waals surface area contributed by atoms with Gasteiger partial charge in [0.2, 0.25) is 15.8 Å². The van der Waals surface area contributed by atoms with Crippen molar-refractivity contribution < 1.29 is 17.7 Å². The van der Waals surface area contributed by atoms with Crippen molar-refractivity contribution in [1.82, 2.24) is 10.0 Å². The second-order valence-electron chi connectivity index (χ2n) is 5.07. The Morgan fingerprint density at radius 1 is 1.48 bits per heavy atom. The highest BCUT2D eigenvalue weighted by Gasteiger charge is 2.26. The molecule has 2 atom stereocenters. The van der Waals surface area contributed by atoms with E-state index in [9.17, 15) is 22.9 Å². The van der Waals surface area contributed by atoms with Crippen molar-refractivity contribution in [2.45, 2.75) is 36.7 Å². The Labute approximate surface area is 121 Å². The van der Waals surface area contributed by atoms with Gasteiger partial charge in [0.1, 0.15) is 0 Å². The lowest BCUT2D eigenvalue weighted by molar-refractivity contribution is -0.387. The molecule has 0 aliphatic carbocycles. The minimum atomic E-state index is -3.89. The number of nitrogens with zero attached hydrogens (tertiary/aromatic N) is 1. The summed E-state index contributed by atoms with van der Waals surface area (Å²) in [5, 5.41) is 13.7. The third kappa shape index (κ3) is 3.74. The first kappa shape index (κ1) is 15.8. The van der Waals surface area contributed by atoms with E-state index in [1.807, 2.05) is 6.92 Å². The maximum atomic E-state index is 13.5. The zero-order chi connectivity index (χ0) is 15.6. The van der Waals surface area contributed by atoms with E-state index in [2.05, 4.69) is 10.0 Å². The molecule has 0 bridgehead atoms. The van der Waals surface area contributed by atoms with Crippen LogP contribution in [0.4, 0.5) is 10.1 Å². The Morgan fingerprint density at radius 2 is 2.19 bits per heavy atom. The van der Waals surface area contributed by atoms with E-state index in [-0.39, 0.29) is 17.0 Å². The molecule has 116 valence electrons. The van der Waals surface area contributed by atoms with E-state index < -0.39 is 26.5 Å². The Bertz CT molecular complexity index is 650. The molecule has 2 rings (SSSR count). The van der Waals surface area contributed by atoms with Gasteiger partial charge in [-0.2, -0.15) is 4.39 Å². The van der Waals surface area contributed by atoms with Crippen molar-refractivity contribution in [2.24, 2.45) is 0 Å². The van der Waals surface area contributed by atoms with E-state index in [0.29, 0.717) is 25.5 Å². The summed E-state index contributed by atoms with van der Waals surface area (Å²) in [6, 6.07) is 2.53. The lowest BCUT2D eigenvalue weighted by atomic mass is 10.0. The Hall–Kier alpha value is -1.58. The third-order valence-electron chi connectivity index (χ3n) is 3.37. The molecule has 0 spiro atoms. The molecule has 0 aromatic heterocycles. The van der Waals surface area contributed by atoms with Gasteiger partial charge in [0, 0.05) is 24.2 Å². The fraction of sp³-hybridized carbons (Fsp3) is 0.500. The number of rotatable bonds is 4. The molecule has 0 saturated carbocycles. The molecule has 2 unspecified atom stereocenters. The molecule has 1 aromatic rings. The first-order valence-corrected chi connectivity index (χ1v) is 7.97. The van der Waals surface area contributed by atoms with Gasteiger partial charge in [0.25, 0.3) is 0 Å². The molecule has 7 nitrogen and oxygen atoms in total. The highest BCUT2D eigenvalue weighted by Crippen LogP contribution is 2.21.